The van der Waals surface area contributed by atoms with Gasteiger partial charge in [-0.05, 0) is 35.9 Å². The largest absolute Gasteiger partial charge is 0.368 e. The van der Waals surface area contributed by atoms with Crippen molar-refractivity contribution < 1.29 is 0 Å². The summed E-state index contributed by atoms with van der Waals surface area (Å²) in [6.07, 6.45) is 0. The normalized spacial score (nSPS) is 16.1. The quantitative estimate of drug-likeness (QED) is 0.469. The maximum Gasteiger partial charge on any atom is 0.124 e. The van der Waals surface area contributed by atoms with E-state index in [0.717, 1.165) is 10.5 Å². The topological polar surface area (TPSA) is 24.9 Å². The van der Waals surface area contributed by atoms with Gasteiger partial charge in [-0.25, -0.2) is 4.98 Å². The van der Waals surface area contributed by atoms with Gasteiger partial charge in [0.25, 0.3) is 0 Å². The molecule has 1 aromatic heterocycles. The molecule has 1 N–H and O–H groups in total. The van der Waals surface area contributed by atoms with Crippen molar-refractivity contribution in [1.29, 1.82) is 0 Å². The summed E-state index contributed by atoms with van der Waals surface area (Å²) in [5.74, 6) is 0. The van der Waals surface area contributed by atoms with E-state index in [-0.39, 0.29) is 5.37 Å². The van der Waals surface area contributed by atoms with Gasteiger partial charge in [0.1, 0.15) is 10.4 Å². The molecule has 3 aromatic carbocycles. The first-order valence-corrected chi connectivity index (χ1v) is 9.54. The highest BCUT2D eigenvalue weighted by atomic mass is 32.2. The average molecular weight is 346 g/mol. The molecule has 0 amide bonds. The fraction of sp³-hybridized carbons (Fsp3) is 0.0500. The molecular weight excluding hydrogens is 332 g/mol. The van der Waals surface area contributed by atoms with Gasteiger partial charge in [-0.15, -0.1) is 11.3 Å². The van der Waals surface area contributed by atoms with E-state index < -0.39 is 0 Å². The zero-order valence-corrected chi connectivity index (χ0v) is 14.4. The van der Waals surface area contributed by atoms with Crippen LogP contribution in [0.2, 0.25) is 0 Å². The van der Waals surface area contributed by atoms with Gasteiger partial charge < -0.3 is 5.32 Å². The molecule has 0 radical (unpaired) electrons. The Morgan fingerprint density at radius 2 is 1.75 bits per heavy atom. The summed E-state index contributed by atoms with van der Waals surface area (Å²) in [6.45, 7) is 0. The summed E-state index contributed by atoms with van der Waals surface area (Å²) in [5.41, 5.74) is 4.77. The fourth-order valence-corrected chi connectivity index (χ4v) is 5.06. The number of para-hydroxylation sites is 2. The van der Waals surface area contributed by atoms with Crippen LogP contribution in [0.4, 0.5) is 5.69 Å². The van der Waals surface area contributed by atoms with Crippen molar-refractivity contribution >= 4 is 39.0 Å². The molecule has 2 heterocycles. The first-order chi connectivity index (χ1) is 11.9. The van der Waals surface area contributed by atoms with Crippen LogP contribution in [0.1, 0.15) is 10.9 Å². The summed E-state index contributed by atoms with van der Waals surface area (Å²) in [4.78, 5) is 6.09. The van der Waals surface area contributed by atoms with Gasteiger partial charge in [-0.2, -0.15) is 0 Å². The maximum absolute atomic E-state index is 4.78. The molecule has 0 saturated heterocycles. The average Bonchev–Trinajstić information content (AvgIpc) is 3.26. The minimum Gasteiger partial charge on any atom is -0.368 e. The fourth-order valence-electron chi connectivity index (χ4n) is 2.97. The Balaban J connectivity index is 1.51. The first kappa shape index (κ1) is 14.1. The number of nitrogens with one attached hydrogen (secondary N) is 1. The molecule has 1 unspecified atom stereocenters. The standard InChI is InChI=1S/C20H14N2S2/c1-3-10-17-15(8-1)21-19(23-17)13-6-5-7-14(12-13)20-22-16-9-2-4-11-18(16)24-20/h1-12,19,21H. The number of benzene rings is 3. The Morgan fingerprint density at radius 1 is 0.875 bits per heavy atom. The number of thioether (sulfide) groups is 1. The Labute approximate surface area is 148 Å². The highest BCUT2D eigenvalue weighted by Gasteiger charge is 2.22. The van der Waals surface area contributed by atoms with Gasteiger partial charge >= 0.3 is 0 Å². The molecular formula is C20H14N2S2. The molecule has 0 bridgehead atoms. The summed E-state index contributed by atoms with van der Waals surface area (Å²) in [5, 5.41) is 4.94. The van der Waals surface area contributed by atoms with E-state index in [1.807, 2.05) is 17.8 Å². The second-order valence-corrected chi connectivity index (χ2v) is 7.93. The minimum absolute atomic E-state index is 0.261. The van der Waals surface area contributed by atoms with Crippen LogP contribution >= 0.6 is 23.1 Å². The van der Waals surface area contributed by atoms with Crippen LogP contribution in [0.3, 0.4) is 0 Å². The smallest absolute Gasteiger partial charge is 0.124 e. The van der Waals surface area contributed by atoms with E-state index >= 15 is 0 Å². The van der Waals surface area contributed by atoms with Crippen LogP contribution in [-0.4, -0.2) is 4.98 Å². The molecule has 0 fully saturated rings. The third kappa shape index (κ3) is 2.39. The van der Waals surface area contributed by atoms with Gasteiger partial charge in [-0.1, -0.05) is 54.2 Å². The summed E-state index contributed by atoms with van der Waals surface area (Å²) >= 11 is 3.62. The third-order valence-electron chi connectivity index (χ3n) is 4.15. The van der Waals surface area contributed by atoms with Crippen molar-refractivity contribution in [3.05, 3.63) is 78.4 Å². The number of aromatic nitrogens is 1. The zero-order valence-electron chi connectivity index (χ0n) is 12.8. The molecule has 0 aliphatic carbocycles. The third-order valence-corrected chi connectivity index (χ3v) is 6.47. The van der Waals surface area contributed by atoms with Crippen molar-refractivity contribution in [3.63, 3.8) is 0 Å². The Hall–Kier alpha value is -2.30. The van der Waals surface area contributed by atoms with Crippen LogP contribution in [0.15, 0.2) is 77.7 Å². The van der Waals surface area contributed by atoms with Gasteiger partial charge in [0.2, 0.25) is 0 Å². The maximum atomic E-state index is 4.78. The lowest BCUT2D eigenvalue weighted by Crippen LogP contribution is -2.00. The van der Waals surface area contributed by atoms with Crippen LogP contribution in [0.25, 0.3) is 20.8 Å². The monoisotopic (exact) mass is 346 g/mol. The molecule has 24 heavy (non-hydrogen) atoms. The minimum atomic E-state index is 0.261. The van der Waals surface area contributed by atoms with Gasteiger partial charge in [0.15, 0.2) is 0 Å². The molecule has 1 aliphatic heterocycles. The van der Waals surface area contributed by atoms with E-state index in [1.165, 1.54) is 26.4 Å². The van der Waals surface area contributed by atoms with Crippen molar-refractivity contribution in [1.82, 2.24) is 4.98 Å². The zero-order chi connectivity index (χ0) is 15.9. The lowest BCUT2D eigenvalue weighted by Gasteiger charge is -2.11. The first-order valence-electron chi connectivity index (χ1n) is 7.85. The van der Waals surface area contributed by atoms with E-state index in [2.05, 4.69) is 72.0 Å². The number of hydrogen-bond acceptors (Lipinski definition) is 4. The van der Waals surface area contributed by atoms with Crippen LogP contribution in [-0.2, 0) is 0 Å². The highest BCUT2D eigenvalue weighted by molar-refractivity contribution is 8.00. The number of fused-ring (bicyclic) bond motifs is 2. The molecule has 1 atom stereocenters. The molecule has 0 saturated carbocycles. The van der Waals surface area contributed by atoms with Crippen molar-refractivity contribution in [2.45, 2.75) is 10.3 Å². The molecule has 4 heteroatoms. The lowest BCUT2D eigenvalue weighted by atomic mass is 10.1. The van der Waals surface area contributed by atoms with Crippen molar-refractivity contribution in [2.75, 3.05) is 5.32 Å². The van der Waals surface area contributed by atoms with Crippen LogP contribution < -0.4 is 5.32 Å². The SMILES string of the molecule is c1cc(-c2nc3ccccc3s2)cc(C2Nc3ccccc3S2)c1. The molecule has 5 rings (SSSR count). The summed E-state index contributed by atoms with van der Waals surface area (Å²) in [7, 11) is 0. The number of rotatable bonds is 2. The number of hydrogen-bond donors (Lipinski definition) is 1. The number of nitrogens with zero attached hydrogens (tertiary/aromatic N) is 1. The van der Waals surface area contributed by atoms with E-state index in [0.29, 0.717) is 0 Å². The Bertz CT molecular complexity index is 980. The highest BCUT2D eigenvalue weighted by Crippen LogP contribution is 2.46. The second kappa shape index (κ2) is 5.65. The van der Waals surface area contributed by atoms with Gasteiger partial charge in [-0.3, -0.25) is 0 Å². The molecule has 1 aliphatic rings. The van der Waals surface area contributed by atoms with Crippen LogP contribution in [0.5, 0.6) is 0 Å². The molecule has 0 spiro atoms. The van der Waals surface area contributed by atoms with Crippen molar-refractivity contribution in [3.8, 4) is 10.6 Å². The van der Waals surface area contributed by atoms with Gasteiger partial charge in [0.05, 0.1) is 10.2 Å². The predicted molar refractivity (Wildman–Crippen MR) is 104 cm³/mol. The van der Waals surface area contributed by atoms with E-state index in [9.17, 15) is 0 Å². The molecule has 116 valence electrons. The Kier molecular flexibility index (Phi) is 3.32. The van der Waals surface area contributed by atoms with Crippen molar-refractivity contribution in [2.24, 2.45) is 0 Å². The number of thiazole rings is 1. The predicted octanol–water partition coefficient (Wildman–Crippen LogP) is 6.18. The van der Waals surface area contributed by atoms with Crippen LogP contribution in [0, 0.1) is 0 Å². The second-order valence-electron chi connectivity index (χ2n) is 5.75. The molecule has 4 aromatic rings. The Morgan fingerprint density at radius 3 is 2.67 bits per heavy atom. The summed E-state index contributed by atoms with van der Waals surface area (Å²) < 4.78 is 1.23. The lowest BCUT2D eigenvalue weighted by molar-refractivity contribution is 1.13. The van der Waals surface area contributed by atoms with E-state index in [1.54, 1.807) is 11.3 Å². The number of anilines is 1. The van der Waals surface area contributed by atoms with E-state index in [4.69, 9.17) is 4.98 Å². The summed E-state index contributed by atoms with van der Waals surface area (Å²) in [6, 6.07) is 25.5. The molecule has 2 nitrogen and oxygen atoms in total. The van der Waals surface area contributed by atoms with Gasteiger partial charge in [0, 0.05) is 16.1 Å².